The Morgan fingerprint density at radius 3 is 2.61 bits per heavy atom. The summed E-state index contributed by atoms with van der Waals surface area (Å²) < 4.78 is 23.5. The first-order chi connectivity index (χ1) is 10.9. The first kappa shape index (κ1) is 15.3. The number of hydrogen-bond acceptors (Lipinski definition) is 5. The molecule has 0 amide bonds. The highest BCUT2D eigenvalue weighted by molar-refractivity contribution is 7.90. The van der Waals surface area contributed by atoms with E-state index in [4.69, 9.17) is 0 Å². The summed E-state index contributed by atoms with van der Waals surface area (Å²) in [5.41, 5.74) is 2.83. The molecular weight excluding hydrogens is 312 g/mol. The summed E-state index contributed by atoms with van der Waals surface area (Å²) >= 11 is 0. The summed E-state index contributed by atoms with van der Waals surface area (Å²) in [5, 5.41) is 13.9. The van der Waals surface area contributed by atoms with E-state index in [-0.39, 0.29) is 10.6 Å². The van der Waals surface area contributed by atoms with Crippen LogP contribution in [-0.4, -0.2) is 24.8 Å². The number of para-hydroxylation sites is 1. The summed E-state index contributed by atoms with van der Waals surface area (Å²) in [6.07, 6.45) is 2.81. The van der Waals surface area contributed by atoms with Crippen LogP contribution < -0.4 is 5.32 Å². The summed E-state index contributed by atoms with van der Waals surface area (Å²) in [6, 6.07) is 11.8. The van der Waals surface area contributed by atoms with Gasteiger partial charge < -0.3 is 10.4 Å². The lowest BCUT2D eigenvalue weighted by molar-refractivity contribution is 0.477. The number of pyridine rings is 1. The van der Waals surface area contributed by atoms with Crippen LogP contribution >= 0.6 is 0 Å². The summed E-state index contributed by atoms with van der Waals surface area (Å²) in [6.45, 7) is 1.88. The van der Waals surface area contributed by atoms with Crippen LogP contribution in [0.3, 0.4) is 0 Å². The van der Waals surface area contributed by atoms with E-state index in [1.54, 1.807) is 42.6 Å². The molecule has 1 heterocycles. The molecule has 0 bridgehead atoms. The zero-order chi connectivity index (χ0) is 16.6. The largest absolute Gasteiger partial charge is 0.506 e. The highest BCUT2D eigenvalue weighted by atomic mass is 32.2. The zero-order valence-electron chi connectivity index (χ0n) is 12.7. The quantitative estimate of drug-likeness (QED) is 0.720. The topological polar surface area (TPSA) is 79.3 Å². The molecule has 2 N–H and O–H groups in total. The molecule has 0 saturated heterocycles. The molecule has 118 valence electrons. The number of anilines is 2. The number of benzene rings is 2. The number of phenols is 1. The van der Waals surface area contributed by atoms with E-state index < -0.39 is 9.84 Å². The van der Waals surface area contributed by atoms with E-state index in [0.717, 1.165) is 5.56 Å². The van der Waals surface area contributed by atoms with Gasteiger partial charge >= 0.3 is 0 Å². The lowest BCUT2D eigenvalue weighted by atomic mass is 10.1. The Hall–Kier alpha value is -2.60. The minimum Gasteiger partial charge on any atom is -0.506 e. The molecule has 0 spiro atoms. The Kier molecular flexibility index (Phi) is 3.69. The van der Waals surface area contributed by atoms with Gasteiger partial charge in [0.05, 0.1) is 16.1 Å². The standard InChI is InChI=1S/C17H16N2O3S/c1-11-4-3-5-16(20)17(11)19-15-8-9-18-14-7-6-12(10-13(14)15)23(2,21)22/h3-10,20H,1-2H3,(H,18,19). The monoisotopic (exact) mass is 328 g/mol. The molecule has 0 unspecified atom stereocenters. The van der Waals surface area contributed by atoms with Gasteiger partial charge in [0, 0.05) is 23.5 Å². The molecule has 0 saturated carbocycles. The second-order valence-corrected chi connectivity index (χ2v) is 7.42. The van der Waals surface area contributed by atoms with Crippen LogP contribution in [0.15, 0.2) is 53.6 Å². The maximum Gasteiger partial charge on any atom is 0.175 e. The van der Waals surface area contributed by atoms with Crippen molar-refractivity contribution in [2.24, 2.45) is 0 Å². The number of hydrogen-bond donors (Lipinski definition) is 2. The molecule has 0 fully saturated rings. The Balaban J connectivity index is 2.18. The molecule has 0 aliphatic heterocycles. The maximum absolute atomic E-state index is 11.8. The predicted octanol–water partition coefficient (Wildman–Crippen LogP) is 3.40. The molecule has 3 rings (SSSR count). The van der Waals surface area contributed by atoms with Crippen molar-refractivity contribution in [2.75, 3.05) is 11.6 Å². The van der Waals surface area contributed by atoms with Crippen molar-refractivity contribution in [1.82, 2.24) is 4.98 Å². The number of aromatic nitrogens is 1. The van der Waals surface area contributed by atoms with Gasteiger partial charge in [-0.05, 0) is 42.8 Å². The Morgan fingerprint density at radius 1 is 1.13 bits per heavy atom. The Bertz CT molecular complexity index is 978. The van der Waals surface area contributed by atoms with Gasteiger partial charge in [-0.25, -0.2) is 8.42 Å². The van der Waals surface area contributed by atoms with Crippen LogP contribution in [0, 0.1) is 6.92 Å². The first-order valence-corrected chi connectivity index (χ1v) is 8.90. The molecule has 0 aliphatic carbocycles. The molecule has 0 aliphatic rings. The fourth-order valence-electron chi connectivity index (χ4n) is 2.41. The molecule has 5 nitrogen and oxygen atoms in total. The number of sulfone groups is 1. The number of nitrogens with zero attached hydrogens (tertiary/aromatic N) is 1. The van der Waals surface area contributed by atoms with E-state index in [2.05, 4.69) is 10.3 Å². The fraction of sp³-hybridized carbons (Fsp3) is 0.118. The number of rotatable bonds is 3. The Labute approximate surface area is 134 Å². The fourth-order valence-corrected chi connectivity index (χ4v) is 3.06. The lowest BCUT2D eigenvalue weighted by Crippen LogP contribution is -1.99. The third-order valence-electron chi connectivity index (χ3n) is 3.65. The van der Waals surface area contributed by atoms with Crippen LogP contribution in [-0.2, 0) is 9.84 Å². The van der Waals surface area contributed by atoms with Crippen LogP contribution in [0.5, 0.6) is 5.75 Å². The number of phenolic OH excluding ortho intramolecular Hbond substituents is 1. The zero-order valence-corrected chi connectivity index (χ0v) is 13.6. The minimum atomic E-state index is -3.31. The smallest absolute Gasteiger partial charge is 0.175 e. The van der Waals surface area contributed by atoms with Crippen LogP contribution in [0.1, 0.15) is 5.56 Å². The van der Waals surface area contributed by atoms with E-state index in [0.29, 0.717) is 22.3 Å². The molecule has 2 aromatic carbocycles. The average molecular weight is 328 g/mol. The molecule has 6 heteroatoms. The van der Waals surface area contributed by atoms with Gasteiger partial charge in [-0.2, -0.15) is 0 Å². The lowest BCUT2D eigenvalue weighted by Gasteiger charge is -2.13. The van der Waals surface area contributed by atoms with Gasteiger partial charge in [0.25, 0.3) is 0 Å². The molecule has 0 radical (unpaired) electrons. The molecule has 23 heavy (non-hydrogen) atoms. The normalized spacial score (nSPS) is 11.6. The van der Waals surface area contributed by atoms with Gasteiger partial charge in [0.1, 0.15) is 5.75 Å². The molecular formula is C17H16N2O3S. The predicted molar refractivity (Wildman–Crippen MR) is 91.0 cm³/mol. The first-order valence-electron chi connectivity index (χ1n) is 7.01. The number of aryl methyl sites for hydroxylation is 1. The van der Waals surface area contributed by atoms with Crippen molar-refractivity contribution in [2.45, 2.75) is 11.8 Å². The van der Waals surface area contributed by atoms with Crippen LogP contribution in [0.4, 0.5) is 11.4 Å². The number of nitrogens with one attached hydrogen (secondary N) is 1. The highest BCUT2D eigenvalue weighted by Crippen LogP contribution is 2.33. The van der Waals surface area contributed by atoms with Crippen molar-refractivity contribution < 1.29 is 13.5 Å². The highest BCUT2D eigenvalue weighted by Gasteiger charge is 2.12. The minimum absolute atomic E-state index is 0.134. The van der Waals surface area contributed by atoms with Crippen molar-refractivity contribution in [1.29, 1.82) is 0 Å². The average Bonchev–Trinajstić information content (AvgIpc) is 2.50. The third-order valence-corrected chi connectivity index (χ3v) is 4.76. The van der Waals surface area contributed by atoms with Gasteiger partial charge in [0.15, 0.2) is 9.84 Å². The van der Waals surface area contributed by atoms with Crippen LogP contribution in [0.25, 0.3) is 10.9 Å². The second-order valence-electron chi connectivity index (χ2n) is 5.40. The summed E-state index contributed by atoms with van der Waals surface area (Å²) in [5.74, 6) is 0.134. The summed E-state index contributed by atoms with van der Waals surface area (Å²) in [7, 11) is -3.31. The van der Waals surface area contributed by atoms with Gasteiger partial charge in [-0.3, -0.25) is 4.98 Å². The molecule has 3 aromatic rings. The van der Waals surface area contributed by atoms with E-state index in [1.165, 1.54) is 6.26 Å². The SMILES string of the molecule is Cc1cccc(O)c1Nc1ccnc2ccc(S(C)(=O)=O)cc12. The maximum atomic E-state index is 11.8. The third kappa shape index (κ3) is 2.98. The number of fused-ring (bicyclic) bond motifs is 1. The molecule has 0 atom stereocenters. The van der Waals surface area contributed by atoms with E-state index in [9.17, 15) is 13.5 Å². The number of aromatic hydroxyl groups is 1. The van der Waals surface area contributed by atoms with Gasteiger partial charge in [-0.15, -0.1) is 0 Å². The summed E-state index contributed by atoms with van der Waals surface area (Å²) in [4.78, 5) is 4.49. The van der Waals surface area contributed by atoms with E-state index >= 15 is 0 Å². The Morgan fingerprint density at radius 2 is 1.91 bits per heavy atom. The van der Waals surface area contributed by atoms with Crippen molar-refractivity contribution in [3.63, 3.8) is 0 Å². The van der Waals surface area contributed by atoms with Crippen molar-refractivity contribution in [3.05, 3.63) is 54.2 Å². The van der Waals surface area contributed by atoms with Gasteiger partial charge in [0.2, 0.25) is 0 Å². The van der Waals surface area contributed by atoms with E-state index in [1.807, 2.05) is 13.0 Å². The van der Waals surface area contributed by atoms with Crippen molar-refractivity contribution >= 4 is 32.1 Å². The molecule has 1 aromatic heterocycles. The van der Waals surface area contributed by atoms with Gasteiger partial charge in [-0.1, -0.05) is 12.1 Å². The second kappa shape index (κ2) is 5.55. The van der Waals surface area contributed by atoms with Crippen molar-refractivity contribution in [3.8, 4) is 5.75 Å². The van der Waals surface area contributed by atoms with Crippen LogP contribution in [0.2, 0.25) is 0 Å².